The Kier molecular flexibility index (Phi) is 5.95. The van der Waals surface area contributed by atoms with Gasteiger partial charge in [0, 0.05) is 16.9 Å². The highest BCUT2D eigenvalue weighted by Gasteiger charge is 2.18. The number of nitrogens with zero attached hydrogens (tertiary/aromatic N) is 3. The van der Waals surface area contributed by atoms with E-state index in [-0.39, 0.29) is 11.7 Å². The first-order valence-electron chi connectivity index (χ1n) is 9.68. The summed E-state index contributed by atoms with van der Waals surface area (Å²) in [6.45, 7) is 4.03. The number of nitrogens with one attached hydrogen (secondary N) is 1. The van der Waals surface area contributed by atoms with Crippen molar-refractivity contribution in [1.29, 1.82) is 0 Å². The van der Waals surface area contributed by atoms with Crippen LogP contribution in [0.2, 0.25) is 0 Å². The van der Waals surface area contributed by atoms with Gasteiger partial charge in [0.15, 0.2) is 11.0 Å². The molecular formula is C24H22N4OS. The molecule has 0 saturated heterocycles. The number of aromatic nitrogens is 3. The summed E-state index contributed by atoms with van der Waals surface area (Å²) in [6, 6.07) is 25.8. The highest BCUT2D eigenvalue weighted by Crippen LogP contribution is 2.29. The topological polar surface area (TPSA) is 59.8 Å². The van der Waals surface area contributed by atoms with Gasteiger partial charge in [-0.15, -0.1) is 10.2 Å². The van der Waals surface area contributed by atoms with Crippen LogP contribution in [-0.2, 0) is 4.79 Å². The zero-order valence-electron chi connectivity index (χ0n) is 16.9. The lowest BCUT2D eigenvalue weighted by Crippen LogP contribution is -2.15. The minimum Gasteiger partial charge on any atom is -0.325 e. The highest BCUT2D eigenvalue weighted by molar-refractivity contribution is 7.99. The van der Waals surface area contributed by atoms with Crippen molar-refractivity contribution < 1.29 is 4.79 Å². The number of hydrogen-bond donors (Lipinski definition) is 1. The molecular weight excluding hydrogens is 392 g/mol. The summed E-state index contributed by atoms with van der Waals surface area (Å²) in [7, 11) is 0. The van der Waals surface area contributed by atoms with Crippen molar-refractivity contribution in [1.82, 2.24) is 14.8 Å². The average molecular weight is 415 g/mol. The third kappa shape index (κ3) is 4.28. The molecule has 0 spiro atoms. The maximum atomic E-state index is 12.5. The van der Waals surface area contributed by atoms with Crippen LogP contribution in [0.25, 0.3) is 17.1 Å². The summed E-state index contributed by atoms with van der Waals surface area (Å²) < 4.78 is 2.01. The number of para-hydroxylation sites is 2. The molecule has 150 valence electrons. The molecule has 5 nitrogen and oxygen atoms in total. The molecule has 6 heteroatoms. The minimum atomic E-state index is -0.0747. The van der Waals surface area contributed by atoms with Crippen molar-refractivity contribution in [2.24, 2.45) is 0 Å². The van der Waals surface area contributed by atoms with Crippen LogP contribution in [0.1, 0.15) is 11.1 Å². The second kappa shape index (κ2) is 8.97. The van der Waals surface area contributed by atoms with Crippen molar-refractivity contribution in [2.45, 2.75) is 19.0 Å². The predicted octanol–water partition coefficient (Wildman–Crippen LogP) is 5.28. The molecule has 0 aliphatic heterocycles. The summed E-state index contributed by atoms with van der Waals surface area (Å²) in [4.78, 5) is 12.5. The Bertz CT molecular complexity index is 1170. The summed E-state index contributed by atoms with van der Waals surface area (Å²) in [6.07, 6.45) is 0. The van der Waals surface area contributed by atoms with Crippen molar-refractivity contribution in [3.8, 4) is 17.1 Å². The molecule has 0 saturated carbocycles. The Morgan fingerprint density at radius 1 is 0.867 bits per heavy atom. The van der Waals surface area contributed by atoms with E-state index in [2.05, 4.69) is 28.5 Å². The van der Waals surface area contributed by atoms with Crippen LogP contribution in [0.4, 0.5) is 5.69 Å². The van der Waals surface area contributed by atoms with E-state index in [1.807, 2.05) is 84.3 Å². The Morgan fingerprint density at radius 3 is 2.27 bits per heavy atom. The number of rotatable bonds is 6. The molecule has 0 atom stereocenters. The fraction of sp³-hybridized carbons (Fsp3) is 0.125. The normalized spacial score (nSPS) is 10.7. The zero-order chi connectivity index (χ0) is 20.9. The lowest BCUT2D eigenvalue weighted by atomic mass is 10.1. The Balaban J connectivity index is 1.61. The van der Waals surface area contributed by atoms with Gasteiger partial charge in [-0.05, 0) is 43.2 Å². The molecule has 30 heavy (non-hydrogen) atoms. The van der Waals surface area contributed by atoms with Crippen LogP contribution in [0.15, 0.2) is 84.0 Å². The number of hydrogen-bond acceptors (Lipinski definition) is 4. The Morgan fingerprint density at radius 2 is 1.53 bits per heavy atom. The van der Waals surface area contributed by atoms with Crippen molar-refractivity contribution >= 4 is 23.4 Å². The number of anilines is 1. The molecule has 0 aliphatic rings. The van der Waals surface area contributed by atoms with E-state index in [1.165, 1.54) is 11.8 Å². The van der Waals surface area contributed by atoms with E-state index in [4.69, 9.17) is 0 Å². The molecule has 1 heterocycles. The van der Waals surface area contributed by atoms with Crippen molar-refractivity contribution in [3.05, 3.63) is 90.0 Å². The van der Waals surface area contributed by atoms with Crippen LogP contribution in [-0.4, -0.2) is 26.4 Å². The van der Waals surface area contributed by atoms with Gasteiger partial charge >= 0.3 is 0 Å². The van der Waals surface area contributed by atoms with E-state index in [9.17, 15) is 4.79 Å². The van der Waals surface area contributed by atoms with E-state index in [1.54, 1.807) is 0 Å². The standard InChI is InChI=1S/C24H22N4OS/c1-17-10-6-8-14-20(17)23-26-27-24(28(23)19-12-4-3-5-13-19)30-16-22(29)25-21-15-9-7-11-18(21)2/h3-15H,16H2,1-2H3,(H,25,29). The number of aryl methyl sites for hydroxylation is 2. The van der Waals surface area contributed by atoms with Gasteiger partial charge in [-0.1, -0.05) is 72.4 Å². The molecule has 1 aromatic heterocycles. The van der Waals surface area contributed by atoms with Gasteiger partial charge in [-0.3, -0.25) is 9.36 Å². The minimum absolute atomic E-state index is 0.0747. The van der Waals surface area contributed by atoms with Crippen LogP contribution < -0.4 is 5.32 Å². The van der Waals surface area contributed by atoms with Gasteiger partial charge in [0.2, 0.25) is 5.91 Å². The number of amides is 1. The summed E-state index contributed by atoms with van der Waals surface area (Å²) >= 11 is 1.37. The summed E-state index contributed by atoms with van der Waals surface area (Å²) in [5.41, 5.74) is 4.96. The van der Waals surface area contributed by atoms with Gasteiger partial charge in [-0.25, -0.2) is 0 Å². The monoisotopic (exact) mass is 414 g/mol. The molecule has 1 N–H and O–H groups in total. The largest absolute Gasteiger partial charge is 0.325 e. The SMILES string of the molecule is Cc1ccccc1NC(=O)CSc1nnc(-c2ccccc2C)n1-c1ccccc1. The van der Waals surface area contributed by atoms with E-state index in [0.29, 0.717) is 5.16 Å². The van der Waals surface area contributed by atoms with Gasteiger partial charge in [-0.2, -0.15) is 0 Å². The molecule has 3 aromatic carbocycles. The number of carbonyl (C=O) groups is 1. The Labute approximate surface area is 180 Å². The van der Waals surface area contributed by atoms with Gasteiger partial charge in [0.25, 0.3) is 0 Å². The third-order valence-electron chi connectivity index (χ3n) is 4.79. The number of benzene rings is 3. The maximum absolute atomic E-state index is 12.5. The van der Waals surface area contributed by atoms with Crippen LogP contribution in [0, 0.1) is 13.8 Å². The molecule has 1 amide bonds. The van der Waals surface area contributed by atoms with Crippen LogP contribution >= 0.6 is 11.8 Å². The molecule has 0 bridgehead atoms. The Hall–Kier alpha value is -3.38. The lowest BCUT2D eigenvalue weighted by Gasteiger charge is -2.12. The predicted molar refractivity (Wildman–Crippen MR) is 122 cm³/mol. The van der Waals surface area contributed by atoms with Crippen LogP contribution in [0.5, 0.6) is 0 Å². The second-order valence-corrected chi connectivity index (χ2v) is 7.89. The number of thioether (sulfide) groups is 1. The summed E-state index contributed by atoms with van der Waals surface area (Å²) in [5, 5.41) is 12.5. The van der Waals surface area contributed by atoms with Crippen molar-refractivity contribution in [2.75, 3.05) is 11.1 Å². The van der Waals surface area contributed by atoms with Gasteiger partial charge < -0.3 is 5.32 Å². The molecule has 0 aliphatic carbocycles. The maximum Gasteiger partial charge on any atom is 0.234 e. The molecule has 4 aromatic rings. The van der Waals surface area contributed by atoms with Gasteiger partial charge in [0.05, 0.1) is 5.75 Å². The first-order valence-corrected chi connectivity index (χ1v) is 10.7. The fourth-order valence-corrected chi connectivity index (χ4v) is 3.95. The summed E-state index contributed by atoms with van der Waals surface area (Å²) in [5.74, 6) is 0.933. The molecule has 0 unspecified atom stereocenters. The quantitative estimate of drug-likeness (QED) is 0.436. The smallest absolute Gasteiger partial charge is 0.234 e. The van der Waals surface area contributed by atoms with Crippen molar-refractivity contribution in [3.63, 3.8) is 0 Å². The number of carbonyl (C=O) groups excluding carboxylic acids is 1. The average Bonchev–Trinajstić information content (AvgIpc) is 3.18. The second-order valence-electron chi connectivity index (χ2n) is 6.94. The third-order valence-corrected chi connectivity index (χ3v) is 5.71. The van der Waals surface area contributed by atoms with E-state index >= 15 is 0 Å². The first-order chi connectivity index (χ1) is 14.6. The highest BCUT2D eigenvalue weighted by atomic mass is 32.2. The fourth-order valence-electron chi connectivity index (χ4n) is 3.20. The van der Waals surface area contributed by atoms with Crippen LogP contribution in [0.3, 0.4) is 0 Å². The first kappa shape index (κ1) is 19.9. The van der Waals surface area contributed by atoms with E-state index in [0.717, 1.165) is 33.9 Å². The van der Waals surface area contributed by atoms with E-state index < -0.39 is 0 Å². The zero-order valence-corrected chi connectivity index (χ0v) is 17.7. The molecule has 0 radical (unpaired) electrons. The molecule has 4 rings (SSSR count). The van der Waals surface area contributed by atoms with Gasteiger partial charge in [0.1, 0.15) is 0 Å². The molecule has 0 fully saturated rings. The lowest BCUT2D eigenvalue weighted by molar-refractivity contribution is -0.113.